The number of halogens is 2. The Kier molecular flexibility index (Phi) is 4.32. The van der Waals surface area contributed by atoms with E-state index in [0.717, 1.165) is 18.2 Å². The first-order chi connectivity index (χ1) is 9.47. The first-order valence-electron chi connectivity index (χ1n) is 6.46. The predicted molar refractivity (Wildman–Crippen MR) is 67.2 cm³/mol. The standard InChI is InChI=1S/C14H15F2NO3/c15-9-4-5-12(16)11(7-9)13(18)17-10-3-1-2-8(6-10)14(19)20/h4-5,7-8,10H,1-3,6H2,(H,17,18)(H,19,20). The van der Waals surface area contributed by atoms with Gasteiger partial charge in [-0.05, 0) is 37.5 Å². The summed E-state index contributed by atoms with van der Waals surface area (Å²) in [4.78, 5) is 22.8. The summed E-state index contributed by atoms with van der Waals surface area (Å²) >= 11 is 0. The lowest BCUT2D eigenvalue weighted by Crippen LogP contribution is -2.40. The highest BCUT2D eigenvalue weighted by Crippen LogP contribution is 2.24. The van der Waals surface area contributed by atoms with E-state index in [4.69, 9.17) is 5.11 Å². The Morgan fingerprint density at radius 1 is 1.25 bits per heavy atom. The second kappa shape index (κ2) is 5.98. The molecule has 0 radical (unpaired) electrons. The van der Waals surface area contributed by atoms with Crippen molar-refractivity contribution in [2.24, 2.45) is 5.92 Å². The third-order valence-electron chi connectivity index (χ3n) is 3.53. The van der Waals surface area contributed by atoms with Gasteiger partial charge in [-0.3, -0.25) is 9.59 Å². The van der Waals surface area contributed by atoms with Gasteiger partial charge < -0.3 is 10.4 Å². The normalized spacial score (nSPS) is 22.3. The molecule has 0 aliphatic heterocycles. The van der Waals surface area contributed by atoms with Crippen molar-refractivity contribution in [2.75, 3.05) is 0 Å². The van der Waals surface area contributed by atoms with E-state index < -0.39 is 29.4 Å². The molecular formula is C14H15F2NO3. The number of carbonyl (C=O) groups is 2. The molecule has 1 fully saturated rings. The number of carboxylic acid groups (broad SMARTS) is 1. The maximum atomic E-state index is 13.5. The molecule has 20 heavy (non-hydrogen) atoms. The minimum Gasteiger partial charge on any atom is -0.481 e. The molecule has 1 saturated carbocycles. The molecule has 0 saturated heterocycles. The average molecular weight is 283 g/mol. The Morgan fingerprint density at radius 2 is 2.00 bits per heavy atom. The molecule has 2 atom stereocenters. The van der Waals surface area contributed by atoms with Gasteiger partial charge in [0.15, 0.2) is 0 Å². The number of hydrogen-bond acceptors (Lipinski definition) is 2. The summed E-state index contributed by atoms with van der Waals surface area (Å²) in [5.41, 5.74) is -0.359. The first-order valence-corrected chi connectivity index (χ1v) is 6.46. The van der Waals surface area contributed by atoms with E-state index in [1.54, 1.807) is 0 Å². The average Bonchev–Trinajstić information content (AvgIpc) is 2.41. The lowest BCUT2D eigenvalue weighted by molar-refractivity contribution is -0.143. The minimum atomic E-state index is -0.888. The van der Waals surface area contributed by atoms with Crippen molar-refractivity contribution in [2.45, 2.75) is 31.7 Å². The summed E-state index contributed by atoms with van der Waals surface area (Å²) < 4.78 is 26.5. The largest absolute Gasteiger partial charge is 0.481 e. The molecule has 1 amide bonds. The van der Waals surface area contributed by atoms with Gasteiger partial charge in [-0.25, -0.2) is 8.78 Å². The van der Waals surface area contributed by atoms with Crippen molar-refractivity contribution in [1.82, 2.24) is 5.32 Å². The molecule has 6 heteroatoms. The lowest BCUT2D eigenvalue weighted by atomic mass is 9.85. The van der Waals surface area contributed by atoms with E-state index in [1.165, 1.54) is 0 Å². The Morgan fingerprint density at radius 3 is 2.70 bits per heavy atom. The van der Waals surface area contributed by atoms with Gasteiger partial charge in [0.05, 0.1) is 11.5 Å². The summed E-state index contributed by atoms with van der Waals surface area (Å²) in [5.74, 6) is -3.58. The summed E-state index contributed by atoms with van der Waals surface area (Å²) in [6, 6.07) is 2.35. The van der Waals surface area contributed by atoms with Gasteiger partial charge in [-0.15, -0.1) is 0 Å². The Bertz CT molecular complexity index is 533. The van der Waals surface area contributed by atoms with Crippen LogP contribution in [0.3, 0.4) is 0 Å². The topological polar surface area (TPSA) is 66.4 Å². The molecule has 2 N–H and O–H groups in total. The van der Waals surface area contributed by atoms with Crippen LogP contribution in [-0.4, -0.2) is 23.0 Å². The smallest absolute Gasteiger partial charge is 0.306 e. The van der Waals surface area contributed by atoms with E-state index in [9.17, 15) is 18.4 Å². The summed E-state index contributed by atoms with van der Waals surface area (Å²) in [7, 11) is 0. The van der Waals surface area contributed by atoms with Crippen molar-refractivity contribution >= 4 is 11.9 Å². The van der Waals surface area contributed by atoms with E-state index in [1.807, 2.05) is 0 Å². The molecule has 0 heterocycles. The summed E-state index contributed by atoms with van der Waals surface area (Å²) in [5, 5.41) is 11.5. The van der Waals surface area contributed by atoms with Crippen LogP contribution in [0.5, 0.6) is 0 Å². The van der Waals surface area contributed by atoms with Gasteiger partial charge in [-0.2, -0.15) is 0 Å². The zero-order valence-electron chi connectivity index (χ0n) is 10.7. The van der Waals surface area contributed by atoms with E-state index in [2.05, 4.69) is 5.32 Å². The summed E-state index contributed by atoms with van der Waals surface area (Å²) in [6.45, 7) is 0. The SMILES string of the molecule is O=C(NC1CCCC(C(=O)O)C1)c1cc(F)ccc1F. The van der Waals surface area contributed by atoms with Gasteiger partial charge >= 0.3 is 5.97 Å². The van der Waals surface area contributed by atoms with Crippen molar-refractivity contribution in [3.05, 3.63) is 35.4 Å². The second-order valence-electron chi connectivity index (χ2n) is 5.00. The number of aliphatic carboxylic acids is 1. The van der Waals surface area contributed by atoms with Crippen LogP contribution in [0.2, 0.25) is 0 Å². The Hall–Kier alpha value is -1.98. The maximum absolute atomic E-state index is 13.5. The highest BCUT2D eigenvalue weighted by molar-refractivity contribution is 5.94. The van der Waals surface area contributed by atoms with Crippen molar-refractivity contribution < 1.29 is 23.5 Å². The first kappa shape index (κ1) is 14.4. The van der Waals surface area contributed by atoms with Crippen LogP contribution in [0.1, 0.15) is 36.0 Å². The molecule has 0 spiro atoms. The minimum absolute atomic E-state index is 0.317. The van der Waals surface area contributed by atoms with E-state index in [0.29, 0.717) is 25.7 Å². The highest BCUT2D eigenvalue weighted by Gasteiger charge is 2.28. The third-order valence-corrected chi connectivity index (χ3v) is 3.53. The molecule has 2 unspecified atom stereocenters. The molecule has 1 aromatic rings. The van der Waals surface area contributed by atoms with Crippen LogP contribution >= 0.6 is 0 Å². The number of amides is 1. The monoisotopic (exact) mass is 283 g/mol. The van der Waals surface area contributed by atoms with Gasteiger partial charge in [0.25, 0.3) is 5.91 Å². The summed E-state index contributed by atoms with van der Waals surface area (Å²) in [6.07, 6.45) is 2.23. The molecule has 0 aromatic heterocycles. The van der Waals surface area contributed by atoms with Crippen LogP contribution in [0.4, 0.5) is 8.78 Å². The number of rotatable bonds is 3. The van der Waals surface area contributed by atoms with Crippen molar-refractivity contribution in [3.8, 4) is 0 Å². The highest BCUT2D eigenvalue weighted by atomic mass is 19.1. The van der Waals surface area contributed by atoms with Gasteiger partial charge in [0, 0.05) is 6.04 Å². The van der Waals surface area contributed by atoms with Crippen LogP contribution in [0.15, 0.2) is 18.2 Å². The number of carbonyl (C=O) groups excluding carboxylic acids is 1. The van der Waals surface area contributed by atoms with Crippen LogP contribution in [-0.2, 0) is 4.79 Å². The molecule has 108 valence electrons. The third kappa shape index (κ3) is 3.31. The quantitative estimate of drug-likeness (QED) is 0.894. The molecule has 0 bridgehead atoms. The van der Waals surface area contributed by atoms with Crippen molar-refractivity contribution in [1.29, 1.82) is 0 Å². The zero-order valence-corrected chi connectivity index (χ0v) is 10.7. The Balaban J connectivity index is 2.04. The number of nitrogens with one attached hydrogen (secondary N) is 1. The Labute approximate surface area is 114 Å². The maximum Gasteiger partial charge on any atom is 0.306 e. The van der Waals surface area contributed by atoms with Crippen LogP contribution < -0.4 is 5.32 Å². The predicted octanol–water partition coefficient (Wildman–Crippen LogP) is 2.34. The van der Waals surface area contributed by atoms with Gasteiger partial charge in [0.1, 0.15) is 11.6 Å². The van der Waals surface area contributed by atoms with Crippen LogP contribution in [0, 0.1) is 17.6 Å². The van der Waals surface area contributed by atoms with E-state index in [-0.39, 0.29) is 11.6 Å². The van der Waals surface area contributed by atoms with Crippen LogP contribution in [0.25, 0.3) is 0 Å². The number of benzene rings is 1. The molecule has 4 nitrogen and oxygen atoms in total. The fourth-order valence-electron chi connectivity index (χ4n) is 2.48. The fourth-order valence-corrected chi connectivity index (χ4v) is 2.48. The number of hydrogen-bond donors (Lipinski definition) is 2. The number of carboxylic acids is 1. The lowest BCUT2D eigenvalue weighted by Gasteiger charge is -2.27. The second-order valence-corrected chi connectivity index (χ2v) is 5.00. The van der Waals surface area contributed by atoms with Gasteiger partial charge in [0.2, 0.25) is 0 Å². The molecule has 2 rings (SSSR count). The fraction of sp³-hybridized carbons (Fsp3) is 0.429. The molecular weight excluding hydrogens is 268 g/mol. The molecule has 1 aromatic carbocycles. The van der Waals surface area contributed by atoms with Gasteiger partial charge in [-0.1, -0.05) is 6.42 Å². The van der Waals surface area contributed by atoms with Crippen molar-refractivity contribution in [3.63, 3.8) is 0 Å². The zero-order chi connectivity index (χ0) is 14.7. The van der Waals surface area contributed by atoms with E-state index >= 15 is 0 Å². The molecule has 1 aliphatic carbocycles. The molecule has 1 aliphatic rings.